The molecular formula is C18H20O3. The van der Waals surface area contributed by atoms with Crippen LogP contribution >= 0.6 is 0 Å². The molecule has 2 aromatic carbocycles. The lowest BCUT2D eigenvalue weighted by atomic mass is 9.94. The van der Waals surface area contributed by atoms with E-state index in [1.54, 1.807) is 14.0 Å². The zero-order valence-electron chi connectivity index (χ0n) is 12.6. The highest BCUT2D eigenvalue weighted by Gasteiger charge is 2.11. The summed E-state index contributed by atoms with van der Waals surface area (Å²) >= 11 is 0. The number of hydrogen-bond donors (Lipinski definition) is 1. The fraction of sp³-hybridized carbons (Fsp3) is 0.278. The van der Waals surface area contributed by atoms with Gasteiger partial charge in [0.2, 0.25) is 0 Å². The van der Waals surface area contributed by atoms with Gasteiger partial charge in [0.05, 0.1) is 7.11 Å². The number of rotatable bonds is 5. The Balaban J connectivity index is 2.54. The molecule has 21 heavy (non-hydrogen) atoms. The van der Waals surface area contributed by atoms with Crippen LogP contribution < -0.4 is 4.74 Å². The lowest BCUT2D eigenvalue weighted by molar-refractivity contribution is -0.132. The minimum absolute atomic E-state index is 0.421. The van der Waals surface area contributed by atoms with E-state index in [2.05, 4.69) is 6.92 Å². The molecule has 0 aromatic heterocycles. The van der Waals surface area contributed by atoms with E-state index in [1.165, 1.54) is 0 Å². The monoisotopic (exact) mass is 284 g/mol. The van der Waals surface area contributed by atoms with Crippen molar-refractivity contribution in [1.82, 2.24) is 0 Å². The molecular weight excluding hydrogens is 264 g/mol. The molecule has 0 aliphatic heterocycles. The van der Waals surface area contributed by atoms with Crippen molar-refractivity contribution in [3.8, 4) is 5.75 Å². The molecule has 0 aliphatic carbocycles. The topological polar surface area (TPSA) is 46.5 Å². The second-order valence-electron chi connectivity index (χ2n) is 5.09. The highest BCUT2D eigenvalue weighted by atomic mass is 16.5. The molecule has 0 saturated carbocycles. The Bertz CT molecular complexity index is 699. The van der Waals surface area contributed by atoms with Crippen LogP contribution in [0.4, 0.5) is 0 Å². The molecule has 0 aliphatic rings. The number of aliphatic carboxylic acids is 1. The summed E-state index contributed by atoms with van der Waals surface area (Å²) in [7, 11) is 1.65. The van der Waals surface area contributed by atoms with Gasteiger partial charge in [-0.15, -0.1) is 0 Å². The second kappa shape index (κ2) is 6.44. The number of benzene rings is 2. The van der Waals surface area contributed by atoms with Crippen molar-refractivity contribution in [2.75, 3.05) is 7.11 Å². The van der Waals surface area contributed by atoms with E-state index in [0.29, 0.717) is 5.57 Å². The number of ether oxygens (including phenoxy) is 1. The van der Waals surface area contributed by atoms with Crippen molar-refractivity contribution in [2.24, 2.45) is 0 Å². The first-order chi connectivity index (χ1) is 10.1. The van der Waals surface area contributed by atoms with Crippen LogP contribution in [0.25, 0.3) is 16.3 Å². The van der Waals surface area contributed by atoms with Gasteiger partial charge in [0.15, 0.2) is 0 Å². The Hall–Kier alpha value is -2.29. The number of carboxylic acids is 1. The third kappa shape index (κ3) is 3.24. The van der Waals surface area contributed by atoms with Gasteiger partial charge in [-0.05, 0) is 53.5 Å². The predicted molar refractivity (Wildman–Crippen MR) is 85.6 cm³/mol. The molecule has 0 amide bonds. The minimum Gasteiger partial charge on any atom is -0.497 e. The van der Waals surface area contributed by atoms with Crippen molar-refractivity contribution >= 4 is 22.3 Å². The molecule has 1 N–H and O–H groups in total. The quantitative estimate of drug-likeness (QED) is 0.822. The Morgan fingerprint density at radius 3 is 2.43 bits per heavy atom. The predicted octanol–water partition coefficient (Wildman–Crippen LogP) is 4.51. The Morgan fingerprint density at radius 1 is 1.14 bits per heavy atom. The molecule has 0 fully saturated rings. The maximum atomic E-state index is 11.3. The van der Waals surface area contributed by atoms with Gasteiger partial charge in [-0.25, -0.2) is 4.79 Å². The molecule has 3 heteroatoms. The lowest BCUT2D eigenvalue weighted by Crippen LogP contribution is -2.01. The highest BCUT2D eigenvalue weighted by Crippen LogP contribution is 2.28. The zero-order valence-corrected chi connectivity index (χ0v) is 12.6. The van der Waals surface area contributed by atoms with Gasteiger partial charge < -0.3 is 9.84 Å². The number of fused-ring (bicyclic) bond motifs is 1. The van der Waals surface area contributed by atoms with Crippen LogP contribution in [0, 0.1) is 0 Å². The molecule has 0 atom stereocenters. The Kier molecular flexibility index (Phi) is 4.63. The first-order valence-corrected chi connectivity index (χ1v) is 7.08. The van der Waals surface area contributed by atoms with Crippen molar-refractivity contribution in [1.29, 1.82) is 0 Å². The molecule has 3 nitrogen and oxygen atoms in total. The van der Waals surface area contributed by atoms with Crippen LogP contribution in [0.15, 0.2) is 42.0 Å². The first kappa shape index (κ1) is 15.1. The normalized spacial score (nSPS) is 12.1. The summed E-state index contributed by atoms with van der Waals surface area (Å²) in [6.45, 7) is 3.73. The molecule has 0 spiro atoms. The molecule has 2 rings (SSSR count). The van der Waals surface area contributed by atoms with E-state index < -0.39 is 5.97 Å². The summed E-state index contributed by atoms with van der Waals surface area (Å²) in [5.74, 6) is -0.0328. The van der Waals surface area contributed by atoms with E-state index in [1.807, 2.05) is 36.4 Å². The van der Waals surface area contributed by atoms with Gasteiger partial charge in [0.1, 0.15) is 5.75 Å². The molecule has 110 valence electrons. The number of hydrogen-bond acceptors (Lipinski definition) is 2. The average Bonchev–Trinajstić information content (AvgIpc) is 2.50. The smallest absolute Gasteiger partial charge is 0.331 e. The Morgan fingerprint density at radius 2 is 1.81 bits per heavy atom. The van der Waals surface area contributed by atoms with Gasteiger partial charge in [-0.2, -0.15) is 0 Å². The first-order valence-electron chi connectivity index (χ1n) is 7.08. The summed E-state index contributed by atoms with van der Waals surface area (Å²) in [5.41, 5.74) is 2.31. The summed E-state index contributed by atoms with van der Waals surface area (Å²) < 4.78 is 5.22. The van der Waals surface area contributed by atoms with Crippen molar-refractivity contribution in [3.63, 3.8) is 0 Å². The zero-order chi connectivity index (χ0) is 15.4. The second-order valence-corrected chi connectivity index (χ2v) is 5.09. The summed E-state index contributed by atoms with van der Waals surface area (Å²) in [6.07, 6.45) is 1.68. The fourth-order valence-electron chi connectivity index (χ4n) is 2.47. The van der Waals surface area contributed by atoms with Crippen LogP contribution in [0.2, 0.25) is 0 Å². The van der Waals surface area contributed by atoms with Crippen LogP contribution in [0.5, 0.6) is 5.75 Å². The van der Waals surface area contributed by atoms with E-state index in [4.69, 9.17) is 4.74 Å². The summed E-state index contributed by atoms with van der Waals surface area (Å²) in [4.78, 5) is 11.3. The molecule has 2 aromatic rings. The standard InChI is InChI=1S/C18H20O3/c1-4-5-17(12(2)18(19)20)15-7-6-14-11-16(21-3)9-8-13(14)10-15/h6-11H,4-5H2,1-3H3,(H,19,20)/b17-12+. The molecule has 0 radical (unpaired) electrons. The number of methoxy groups -OCH3 is 1. The van der Waals surface area contributed by atoms with E-state index in [9.17, 15) is 9.90 Å². The fourth-order valence-corrected chi connectivity index (χ4v) is 2.47. The molecule has 0 heterocycles. The molecule has 0 unspecified atom stereocenters. The number of allylic oxidation sites excluding steroid dienone is 1. The van der Waals surface area contributed by atoms with Gasteiger partial charge >= 0.3 is 5.97 Å². The largest absolute Gasteiger partial charge is 0.497 e. The van der Waals surface area contributed by atoms with Gasteiger partial charge in [0.25, 0.3) is 0 Å². The van der Waals surface area contributed by atoms with Crippen LogP contribution in [-0.2, 0) is 4.79 Å². The molecule has 0 saturated heterocycles. The third-order valence-electron chi connectivity index (χ3n) is 3.67. The maximum Gasteiger partial charge on any atom is 0.331 e. The Labute approximate surface area is 124 Å². The number of carbonyl (C=O) groups is 1. The highest BCUT2D eigenvalue weighted by molar-refractivity contribution is 5.97. The maximum absolute atomic E-state index is 11.3. The van der Waals surface area contributed by atoms with Crippen LogP contribution in [-0.4, -0.2) is 18.2 Å². The van der Waals surface area contributed by atoms with E-state index >= 15 is 0 Å². The SMILES string of the molecule is CCC/C(=C(/C)C(=O)O)c1ccc2cc(OC)ccc2c1. The lowest BCUT2D eigenvalue weighted by Gasteiger charge is -2.11. The summed E-state index contributed by atoms with van der Waals surface area (Å²) in [6, 6.07) is 11.9. The van der Waals surface area contributed by atoms with Gasteiger partial charge in [-0.1, -0.05) is 31.5 Å². The average molecular weight is 284 g/mol. The van der Waals surface area contributed by atoms with Crippen LogP contribution in [0.1, 0.15) is 32.3 Å². The van der Waals surface area contributed by atoms with Crippen molar-refractivity contribution in [2.45, 2.75) is 26.7 Å². The third-order valence-corrected chi connectivity index (χ3v) is 3.67. The van der Waals surface area contributed by atoms with Gasteiger partial charge in [-0.3, -0.25) is 0 Å². The molecule has 0 bridgehead atoms. The van der Waals surface area contributed by atoms with E-state index in [0.717, 1.165) is 40.5 Å². The van der Waals surface area contributed by atoms with E-state index in [-0.39, 0.29) is 0 Å². The minimum atomic E-state index is -0.853. The summed E-state index contributed by atoms with van der Waals surface area (Å²) in [5, 5.41) is 11.4. The van der Waals surface area contributed by atoms with Gasteiger partial charge in [0, 0.05) is 5.57 Å². The number of carboxylic acid groups (broad SMARTS) is 1. The van der Waals surface area contributed by atoms with Crippen LogP contribution in [0.3, 0.4) is 0 Å². The van der Waals surface area contributed by atoms with Crippen molar-refractivity contribution < 1.29 is 14.6 Å². The van der Waals surface area contributed by atoms with Crippen molar-refractivity contribution in [3.05, 3.63) is 47.5 Å².